The number of amides is 1. The van der Waals surface area contributed by atoms with Crippen LogP contribution in [0.2, 0.25) is 0 Å². The van der Waals surface area contributed by atoms with Gasteiger partial charge in [0.15, 0.2) is 0 Å². The number of carbonyl (C=O) groups excluding carboxylic acids is 2. The number of hydrogen-bond acceptors (Lipinski definition) is 3. The lowest BCUT2D eigenvalue weighted by molar-refractivity contribution is -0.145. The Bertz CT molecular complexity index is 839. The predicted octanol–water partition coefficient (Wildman–Crippen LogP) is 8.87. The van der Waals surface area contributed by atoms with E-state index in [1.165, 1.54) is 64.7 Å². The molecule has 0 aliphatic heterocycles. The highest BCUT2D eigenvalue weighted by Crippen LogP contribution is 2.36. The third-order valence-electron chi connectivity index (χ3n) is 6.34. The summed E-state index contributed by atoms with van der Waals surface area (Å²) in [6.45, 7) is 3.51. The number of alkyl halides is 6. The molecule has 0 aliphatic carbocycles. The zero-order valence-corrected chi connectivity index (χ0v) is 22.4. The van der Waals surface area contributed by atoms with Crippen LogP contribution in [0.4, 0.5) is 26.3 Å². The van der Waals surface area contributed by atoms with Gasteiger partial charge in [0.2, 0.25) is 0 Å². The second kappa shape index (κ2) is 17.4. The highest BCUT2D eigenvalue weighted by atomic mass is 19.4. The summed E-state index contributed by atoms with van der Waals surface area (Å²) >= 11 is 0. The Balaban J connectivity index is 2.30. The van der Waals surface area contributed by atoms with Crippen LogP contribution in [0.25, 0.3) is 0 Å². The lowest BCUT2D eigenvalue weighted by atomic mass is 10.0. The van der Waals surface area contributed by atoms with E-state index in [9.17, 15) is 35.9 Å². The van der Waals surface area contributed by atoms with Crippen molar-refractivity contribution in [2.75, 3.05) is 6.61 Å². The molecule has 0 aliphatic rings. The number of nitrogens with one attached hydrogen (secondary N) is 1. The fraction of sp³-hybridized carbons (Fsp3) is 0.714. The fourth-order valence-electron chi connectivity index (χ4n) is 4.08. The Hall–Kier alpha value is -2.26. The molecule has 1 N–H and O–H groups in total. The Kier molecular flexibility index (Phi) is 15.4. The highest BCUT2D eigenvalue weighted by Gasteiger charge is 2.39. The Morgan fingerprint density at radius 2 is 1.24 bits per heavy atom. The number of hydrogen-bond donors (Lipinski definition) is 1. The van der Waals surface area contributed by atoms with Crippen molar-refractivity contribution in [3.05, 3.63) is 34.9 Å². The summed E-state index contributed by atoms with van der Waals surface area (Å²) < 4.78 is 83.5. The lowest BCUT2D eigenvalue weighted by Crippen LogP contribution is -2.40. The lowest BCUT2D eigenvalue weighted by Gasteiger charge is -2.18. The second-order valence-electron chi connectivity index (χ2n) is 9.71. The molecule has 1 amide bonds. The first-order valence-electron chi connectivity index (χ1n) is 13.6. The van der Waals surface area contributed by atoms with Gasteiger partial charge in [-0.25, -0.2) is 4.79 Å². The fourth-order valence-corrected chi connectivity index (χ4v) is 4.08. The van der Waals surface area contributed by atoms with E-state index >= 15 is 0 Å². The van der Waals surface area contributed by atoms with E-state index in [0.717, 1.165) is 25.7 Å². The maximum Gasteiger partial charge on any atom is 0.417 e. The van der Waals surface area contributed by atoms with Crippen LogP contribution in [0.1, 0.15) is 125 Å². The van der Waals surface area contributed by atoms with Gasteiger partial charge in [-0.2, -0.15) is 26.3 Å². The van der Waals surface area contributed by atoms with E-state index in [1.807, 2.05) is 5.32 Å². The van der Waals surface area contributed by atoms with E-state index in [0.29, 0.717) is 6.42 Å². The maximum absolute atomic E-state index is 13.2. The van der Waals surface area contributed by atoms with Crippen molar-refractivity contribution in [1.29, 1.82) is 0 Å². The standard InChI is InChI=1S/C28H41F6NO3/c1-3-4-5-6-7-8-9-10-11-12-13-14-15-16-19-38-26(37)21(2)35-25(36)23-20-22(27(29,30)31)17-18-24(23)28(32,33)34/h17-18,20-21H,3-16,19H2,1-2H3,(H,35,36). The van der Waals surface area contributed by atoms with E-state index in [2.05, 4.69) is 6.92 Å². The minimum absolute atomic E-state index is 0.0917. The van der Waals surface area contributed by atoms with Gasteiger partial charge in [-0.05, 0) is 31.5 Å². The smallest absolute Gasteiger partial charge is 0.417 e. The van der Waals surface area contributed by atoms with Crippen LogP contribution in [0.5, 0.6) is 0 Å². The minimum Gasteiger partial charge on any atom is -0.464 e. The molecule has 1 atom stereocenters. The molecule has 38 heavy (non-hydrogen) atoms. The van der Waals surface area contributed by atoms with Gasteiger partial charge >= 0.3 is 18.3 Å². The summed E-state index contributed by atoms with van der Waals surface area (Å²) in [6.07, 6.45) is 6.35. The van der Waals surface area contributed by atoms with Gasteiger partial charge in [-0.15, -0.1) is 0 Å². The van der Waals surface area contributed by atoms with Crippen molar-refractivity contribution >= 4 is 11.9 Å². The van der Waals surface area contributed by atoms with Gasteiger partial charge in [-0.3, -0.25) is 4.79 Å². The minimum atomic E-state index is -5.05. The summed E-state index contributed by atoms with van der Waals surface area (Å²) in [6, 6.07) is -0.737. The second-order valence-corrected chi connectivity index (χ2v) is 9.71. The molecule has 4 nitrogen and oxygen atoms in total. The average molecular weight is 554 g/mol. The number of esters is 1. The Morgan fingerprint density at radius 1 is 0.763 bits per heavy atom. The summed E-state index contributed by atoms with van der Waals surface area (Å²) in [7, 11) is 0. The molecule has 0 fully saturated rings. The van der Waals surface area contributed by atoms with E-state index in [-0.39, 0.29) is 24.8 Å². The van der Waals surface area contributed by atoms with Gasteiger partial charge in [0.25, 0.3) is 5.91 Å². The van der Waals surface area contributed by atoms with Gasteiger partial charge < -0.3 is 10.1 Å². The van der Waals surface area contributed by atoms with Crippen LogP contribution >= 0.6 is 0 Å². The van der Waals surface area contributed by atoms with Crippen LogP contribution in [-0.4, -0.2) is 24.5 Å². The van der Waals surface area contributed by atoms with E-state index in [1.54, 1.807) is 0 Å². The summed E-state index contributed by atoms with van der Waals surface area (Å²) in [4.78, 5) is 24.4. The zero-order valence-electron chi connectivity index (χ0n) is 22.4. The number of benzene rings is 1. The van der Waals surface area contributed by atoms with Crippen molar-refractivity contribution in [1.82, 2.24) is 5.32 Å². The maximum atomic E-state index is 13.2. The molecule has 1 rings (SSSR count). The molecule has 218 valence electrons. The molecule has 0 aromatic heterocycles. The summed E-state index contributed by atoms with van der Waals surface area (Å²) in [5.74, 6) is -2.31. The largest absolute Gasteiger partial charge is 0.464 e. The van der Waals surface area contributed by atoms with Crippen LogP contribution in [0.3, 0.4) is 0 Å². The molecular weight excluding hydrogens is 512 g/mol. The van der Waals surface area contributed by atoms with Crippen molar-refractivity contribution in [3.8, 4) is 0 Å². The van der Waals surface area contributed by atoms with Crippen LogP contribution in [0.15, 0.2) is 18.2 Å². The molecule has 1 aromatic rings. The molecule has 1 aromatic carbocycles. The van der Waals surface area contributed by atoms with Gasteiger partial charge in [0.1, 0.15) is 6.04 Å². The number of carbonyl (C=O) groups is 2. The number of ether oxygens (including phenoxy) is 1. The molecule has 0 saturated carbocycles. The summed E-state index contributed by atoms with van der Waals surface area (Å²) in [5.41, 5.74) is -4.13. The molecule has 0 saturated heterocycles. The number of rotatable bonds is 18. The molecule has 0 bridgehead atoms. The molecule has 1 unspecified atom stereocenters. The predicted molar refractivity (Wildman–Crippen MR) is 135 cm³/mol. The van der Waals surface area contributed by atoms with Crippen LogP contribution < -0.4 is 5.32 Å². The average Bonchev–Trinajstić information content (AvgIpc) is 2.84. The molecular formula is C28H41F6NO3. The van der Waals surface area contributed by atoms with E-state index < -0.39 is 47.0 Å². The third-order valence-corrected chi connectivity index (χ3v) is 6.34. The highest BCUT2D eigenvalue weighted by molar-refractivity contribution is 5.98. The first-order chi connectivity index (χ1) is 17.9. The van der Waals surface area contributed by atoms with Crippen molar-refractivity contribution in [3.63, 3.8) is 0 Å². The first-order valence-corrected chi connectivity index (χ1v) is 13.6. The topological polar surface area (TPSA) is 55.4 Å². The third kappa shape index (κ3) is 13.5. The zero-order chi connectivity index (χ0) is 28.6. The van der Waals surface area contributed by atoms with Crippen LogP contribution in [-0.2, 0) is 21.9 Å². The Morgan fingerprint density at radius 3 is 1.68 bits per heavy atom. The van der Waals surface area contributed by atoms with Gasteiger partial charge in [0, 0.05) is 0 Å². The van der Waals surface area contributed by atoms with Crippen molar-refractivity contribution < 1.29 is 40.7 Å². The SMILES string of the molecule is CCCCCCCCCCCCCCCCOC(=O)C(C)NC(=O)c1cc(C(F)(F)F)ccc1C(F)(F)F. The van der Waals surface area contributed by atoms with Crippen molar-refractivity contribution in [2.45, 2.75) is 122 Å². The monoisotopic (exact) mass is 553 g/mol. The first kappa shape index (κ1) is 33.8. The number of halogens is 6. The van der Waals surface area contributed by atoms with Gasteiger partial charge in [0.05, 0.1) is 23.3 Å². The molecule has 0 spiro atoms. The van der Waals surface area contributed by atoms with Gasteiger partial charge in [-0.1, -0.05) is 90.4 Å². The number of unbranched alkanes of at least 4 members (excludes halogenated alkanes) is 13. The molecule has 0 radical (unpaired) electrons. The Labute approximate surface area is 221 Å². The quantitative estimate of drug-likeness (QED) is 0.112. The normalized spacial score (nSPS) is 12.8. The van der Waals surface area contributed by atoms with Crippen molar-refractivity contribution in [2.24, 2.45) is 0 Å². The molecule has 10 heteroatoms. The van der Waals surface area contributed by atoms with E-state index in [4.69, 9.17) is 4.74 Å². The van der Waals surface area contributed by atoms with Crippen LogP contribution in [0, 0.1) is 0 Å². The molecule has 0 heterocycles. The summed E-state index contributed by atoms with van der Waals surface area (Å²) in [5, 5.41) is 2.01.